The lowest BCUT2D eigenvalue weighted by Crippen LogP contribution is -2.12. The summed E-state index contributed by atoms with van der Waals surface area (Å²) in [6, 6.07) is 16.7. The minimum absolute atomic E-state index is 0.0441. The van der Waals surface area contributed by atoms with Crippen molar-refractivity contribution in [2.24, 2.45) is 0 Å². The van der Waals surface area contributed by atoms with Gasteiger partial charge >= 0.3 is 0 Å². The maximum atomic E-state index is 11.8. The van der Waals surface area contributed by atoms with Crippen molar-refractivity contribution in [3.8, 4) is 11.2 Å². The minimum atomic E-state index is -0.0441. The van der Waals surface area contributed by atoms with Crippen molar-refractivity contribution >= 4 is 23.4 Å². The van der Waals surface area contributed by atoms with Gasteiger partial charge in [-0.2, -0.15) is 5.26 Å². The van der Waals surface area contributed by atoms with Crippen LogP contribution in [0.15, 0.2) is 59.5 Å². The van der Waals surface area contributed by atoms with Gasteiger partial charge in [-0.25, -0.2) is 0 Å². The number of anilines is 1. The smallest absolute Gasteiger partial charge is 0.224 e. The van der Waals surface area contributed by atoms with Crippen LogP contribution in [0.1, 0.15) is 12.8 Å². The first kappa shape index (κ1) is 15.9. The minimum Gasteiger partial charge on any atom is -0.494 e. The molecular formula is C17H16N2O2S. The van der Waals surface area contributed by atoms with Crippen LogP contribution in [0, 0.1) is 10.7 Å². The third-order valence-electron chi connectivity index (χ3n) is 2.86. The molecule has 2 aromatic carbocycles. The maximum absolute atomic E-state index is 11.8. The van der Waals surface area contributed by atoms with Crippen molar-refractivity contribution in [2.45, 2.75) is 17.7 Å². The van der Waals surface area contributed by atoms with Gasteiger partial charge in [0, 0.05) is 17.0 Å². The number of benzene rings is 2. The molecule has 0 aliphatic rings. The van der Waals surface area contributed by atoms with E-state index in [0.29, 0.717) is 19.4 Å². The number of nitriles is 1. The van der Waals surface area contributed by atoms with Gasteiger partial charge in [-0.05, 0) is 54.6 Å². The van der Waals surface area contributed by atoms with Crippen LogP contribution in [-0.4, -0.2) is 12.5 Å². The highest BCUT2D eigenvalue weighted by Gasteiger charge is 2.03. The number of carbonyl (C=O) groups excluding carboxylic acids is 1. The Kier molecular flexibility index (Phi) is 6.34. The van der Waals surface area contributed by atoms with Crippen LogP contribution < -0.4 is 10.1 Å². The average molecular weight is 312 g/mol. The van der Waals surface area contributed by atoms with E-state index in [-0.39, 0.29) is 5.91 Å². The SMILES string of the molecule is N#CSc1ccc(NC(=O)CCCOc2ccccc2)cc1. The molecule has 0 atom stereocenters. The molecule has 0 heterocycles. The van der Waals surface area contributed by atoms with E-state index >= 15 is 0 Å². The zero-order chi connectivity index (χ0) is 15.6. The maximum Gasteiger partial charge on any atom is 0.224 e. The van der Waals surface area contributed by atoms with Crippen LogP contribution in [0.5, 0.6) is 5.75 Å². The van der Waals surface area contributed by atoms with Crippen LogP contribution in [0.2, 0.25) is 0 Å². The first-order valence-electron chi connectivity index (χ1n) is 6.91. The first-order chi connectivity index (χ1) is 10.8. The van der Waals surface area contributed by atoms with E-state index in [1.54, 1.807) is 12.1 Å². The number of hydrogen-bond acceptors (Lipinski definition) is 4. The van der Waals surface area contributed by atoms with Gasteiger partial charge < -0.3 is 10.1 Å². The Balaban J connectivity index is 1.68. The number of thioether (sulfide) groups is 1. The summed E-state index contributed by atoms with van der Waals surface area (Å²) in [7, 11) is 0. The van der Waals surface area contributed by atoms with Gasteiger partial charge in [0.1, 0.15) is 11.2 Å². The van der Waals surface area contributed by atoms with E-state index in [9.17, 15) is 4.79 Å². The molecule has 0 spiro atoms. The summed E-state index contributed by atoms with van der Waals surface area (Å²) < 4.78 is 5.54. The van der Waals surface area contributed by atoms with E-state index in [1.807, 2.05) is 47.9 Å². The summed E-state index contributed by atoms with van der Waals surface area (Å²) in [6.45, 7) is 0.509. The molecule has 4 nitrogen and oxygen atoms in total. The van der Waals surface area contributed by atoms with Crippen molar-refractivity contribution in [1.82, 2.24) is 0 Å². The van der Waals surface area contributed by atoms with E-state index in [4.69, 9.17) is 10.00 Å². The van der Waals surface area contributed by atoms with Gasteiger partial charge in [0.05, 0.1) is 6.61 Å². The Morgan fingerprint density at radius 2 is 1.86 bits per heavy atom. The monoisotopic (exact) mass is 312 g/mol. The predicted molar refractivity (Wildman–Crippen MR) is 87.7 cm³/mol. The zero-order valence-electron chi connectivity index (χ0n) is 12.0. The Morgan fingerprint density at radius 3 is 2.55 bits per heavy atom. The second-order valence-electron chi connectivity index (χ2n) is 4.53. The van der Waals surface area contributed by atoms with E-state index in [2.05, 4.69) is 5.32 Å². The summed E-state index contributed by atoms with van der Waals surface area (Å²) in [4.78, 5) is 12.7. The standard InChI is InChI=1S/C17H16N2O2S/c18-13-22-16-10-8-14(9-11-16)19-17(20)7-4-12-21-15-5-2-1-3-6-15/h1-3,5-6,8-11H,4,7,12H2,(H,19,20). The molecule has 0 radical (unpaired) electrons. The van der Waals surface area contributed by atoms with Gasteiger partial charge in [0.2, 0.25) is 5.91 Å². The Bertz CT molecular complexity index is 636. The molecule has 1 N–H and O–H groups in total. The zero-order valence-corrected chi connectivity index (χ0v) is 12.8. The second-order valence-corrected chi connectivity index (χ2v) is 5.39. The molecule has 0 aliphatic carbocycles. The number of rotatable bonds is 7. The number of carbonyl (C=O) groups is 1. The van der Waals surface area contributed by atoms with Crippen molar-refractivity contribution in [2.75, 3.05) is 11.9 Å². The second kappa shape index (κ2) is 8.75. The average Bonchev–Trinajstić information content (AvgIpc) is 2.55. The van der Waals surface area contributed by atoms with Gasteiger partial charge in [-0.1, -0.05) is 18.2 Å². The van der Waals surface area contributed by atoms with Gasteiger partial charge in [-0.3, -0.25) is 4.79 Å². The van der Waals surface area contributed by atoms with Crippen LogP contribution in [-0.2, 0) is 4.79 Å². The molecule has 0 saturated carbocycles. The predicted octanol–water partition coefficient (Wildman–Crippen LogP) is 4.06. The molecule has 0 unspecified atom stereocenters. The first-order valence-corrected chi connectivity index (χ1v) is 7.73. The fourth-order valence-electron chi connectivity index (χ4n) is 1.82. The summed E-state index contributed by atoms with van der Waals surface area (Å²) >= 11 is 1.09. The highest BCUT2D eigenvalue weighted by molar-refractivity contribution is 8.03. The van der Waals surface area contributed by atoms with Crippen LogP contribution >= 0.6 is 11.8 Å². The van der Waals surface area contributed by atoms with Crippen LogP contribution in [0.4, 0.5) is 5.69 Å². The highest BCUT2D eigenvalue weighted by atomic mass is 32.2. The molecule has 0 aliphatic heterocycles. The third kappa shape index (κ3) is 5.51. The molecule has 0 saturated heterocycles. The molecule has 22 heavy (non-hydrogen) atoms. The molecule has 2 aromatic rings. The molecule has 2 rings (SSSR count). The lowest BCUT2D eigenvalue weighted by molar-refractivity contribution is -0.116. The number of amides is 1. The molecule has 112 valence electrons. The quantitative estimate of drug-likeness (QED) is 0.476. The van der Waals surface area contributed by atoms with Crippen molar-refractivity contribution in [1.29, 1.82) is 5.26 Å². The molecule has 0 bridgehead atoms. The lowest BCUT2D eigenvalue weighted by Gasteiger charge is -2.07. The molecule has 1 amide bonds. The number of ether oxygens (including phenoxy) is 1. The Labute approximate surface area is 134 Å². The van der Waals surface area contributed by atoms with Crippen LogP contribution in [0.3, 0.4) is 0 Å². The molecule has 0 aromatic heterocycles. The summed E-state index contributed by atoms with van der Waals surface area (Å²) in [6.07, 6.45) is 1.06. The largest absolute Gasteiger partial charge is 0.494 e. The third-order valence-corrected chi connectivity index (χ3v) is 3.46. The number of para-hydroxylation sites is 1. The van der Waals surface area contributed by atoms with E-state index in [0.717, 1.165) is 28.1 Å². The van der Waals surface area contributed by atoms with Crippen LogP contribution in [0.25, 0.3) is 0 Å². The fourth-order valence-corrected chi connectivity index (χ4v) is 2.20. The highest BCUT2D eigenvalue weighted by Crippen LogP contribution is 2.19. The van der Waals surface area contributed by atoms with Crippen molar-refractivity contribution < 1.29 is 9.53 Å². The Morgan fingerprint density at radius 1 is 1.14 bits per heavy atom. The van der Waals surface area contributed by atoms with Crippen molar-refractivity contribution in [3.63, 3.8) is 0 Å². The summed E-state index contributed by atoms with van der Waals surface area (Å²) in [5.41, 5.74) is 0.733. The van der Waals surface area contributed by atoms with E-state index < -0.39 is 0 Å². The van der Waals surface area contributed by atoms with Gasteiger partial charge in [0.15, 0.2) is 0 Å². The Hall–Kier alpha value is -2.45. The summed E-state index contributed by atoms with van der Waals surface area (Å²) in [5.74, 6) is 0.769. The van der Waals surface area contributed by atoms with E-state index in [1.165, 1.54) is 0 Å². The summed E-state index contributed by atoms with van der Waals surface area (Å²) in [5, 5.41) is 13.4. The van der Waals surface area contributed by atoms with Gasteiger partial charge in [0.25, 0.3) is 0 Å². The molecule has 0 fully saturated rings. The van der Waals surface area contributed by atoms with Crippen molar-refractivity contribution in [3.05, 3.63) is 54.6 Å². The normalized spacial score (nSPS) is 9.77. The number of hydrogen-bond donors (Lipinski definition) is 1. The molecular weight excluding hydrogens is 296 g/mol. The lowest BCUT2D eigenvalue weighted by atomic mass is 10.2. The van der Waals surface area contributed by atoms with Gasteiger partial charge in [-0.15, -0.1) is 0 Å². The number of nitrogens with one attached hydrogen (secondary N) is 1. The molecule has 5 heteroatoms. The topological polar surface area (TPSA) is 62.1 Å². The number of thiocyanates is 1. The number of nitrogens with zero attached hydrogens (tertiary/aromatic N) is 1. The fraction of sp³-hybridized carbons (Fsp3) is 0.176.